The molecule has 6 nitrogen and oxygen atoms in total. The van der Waals surface area contributed by atoms with Gasteiger partial charge in [-0.15, -0.1) is 11.8 Å². The van der Waals surface area contributed by atoms with E-state index in [-0.39, 0.29) is 30.8 Å². The Labute approximate surface area is 184 Å². The van der Waals surface area contributed by atoms with Crippen LogP contribution in [0, 0.1) is 0 Å². The molecule has 30 heavy (non-hydrogen) atoms. The third-order valence-corrected chi connectivity index (χ3v) is 7.50. The molecule has 2 fully saturated rings. The van der Waals surface area contributed by atoms with Crippen molar-refractivity contribution in [3.8, 4) is 0 Å². The van der Waals surface area contributed by atoms with Crippen molar-refractivity contribution in [2.45, 2.75) is 54.7 Å². The lowest BCUT2D eigenvalue weighted by Gasteiger charge is -2.20. The number of anilines is 1. The van der Waals surface area contributed by atoms with Gasteiger partial charge in [0, 0.05) is 23.6 Å². The van der Waals surface area contributed by atoms with Gasteiger partial charge in [-0.1, -0.05) is 25.0 Å². The Morgan fingerprint density at radius 2 is 2.00 bits per heavy atom. The third-order valence-electron chi connectivity index (χ3n) is 5.62. The lowest BCUT2D eigenvalue weighted by molar-refractivity contribution is -0.131. The zero-order valence-corrected chi connectivity index (χ0v) is 18.3. The zero-order valence-electron chi connectivity index (χ0n) is 16.7. The first-order valence-corrected chi connectivity index (χ1v) is 12.2. The average Bonchev–Trinajstić information content (AvgIpc) is 3.46. The Morgan fingerprint density at radius 3 is 2.77 bits per heavy atom. The Bertz CT molecular complexity index is 923. The highest BCUT2D eigenvalue weighted by Gasteiger charge is 2.52. The van der Waals surface area contributed by atoms with E-state index < -0.39 is 5.54 Å². The molecule has 2 aliphatic rings. The summed E-state index contributed by atoms with van der Waals surface area (Å²) in [6.07, 6.45) is 4.07. The van der Waals surface area contributed by atoms with Gasteiger partial charge >= 0.3 is 6.03 Å². The van der Waals surface area contributed by atoms with Crippen molar-refractivity contribution >= 4 is 46.6 Å². The highest BCUT2D eigenvalue weighted by Crippen LogP contribution is 2.35. The standard InChI is InChI=1S/C22H25N3O3S2/c26-19(8-5-12-25-20(27)22(24-21(25)28)10-3-4-11-22)23-17-6-1-2-7-18(17)30-15-16-9-13-29-14-16/h1-2,6-7,9,13-14H,3-5,8,10-12,15H2,(H,23,26)(H,24,28). The first-order valence-electron chi connectivity index (χ1n) is 10.2. The first-order chi connectivity index (χ1) is 14.6. The number of nitrogens with zero attached hydrogens (tertiary/aromatic N) is 1. The second kappa shape index (κ2) is 9.22. The van der Waals surface area contributed by atoms with Crippen molar-refractivity contribution in [2.75, 3.05) is 11.9 Å². The highest BCUT2D eigenvalue weighted by atomic mass is 32.2. The normalized spacial score (nSPS) is 17.5. The summed E-state index contributed by atoms with van der Waals surface area (Å²) in [7, 11) is 0. The number of amides is 4. The van der Waals surface area contributed by atoms with E-state index >= 15 is 0 Å². The number of carbonyl (C=O) groups excluding carboxylic acids is 3. The Kier molecular flexibility index (Phi) is 6.43. The lowest BCUT2D eigenvalue weighted by atomic mass is 9.98. The number of hydrogen-bond acceptors (Lipinski definition) is 5. The maximum atomic E-state index is 12.7. The molecule has 1 aliphatic heterocycles. The van der Waals surface area contributed by atoms with E-state index in [9.17, 15) is 14.4 Å². The van der Waals surface area contributed by atoms with Gasteiger partial charge in [-0.2, -0.15) is 11.3 Å². The average molecular weight is 444 g/mol. The lowest BCUT2D eigenvalue weighted by Crippen LogP contribution is -2.44. The summed E-state index contributed by atoms with van der Waals surface area (Å²) in [4.78, 5) is 39.6. The summed E-state index contributed by atoms with van der Waals surface area (Å²) in [5.74, 6) is 0.617. The monoisotopic (exact) mass is 443 g/mol. The van der Waals surface area contributed by atoms with Crippen molar-refractivity contribution in [3.63, 3.8) is 0 Å². The van der Waals surface area contributed by atoms with Crippen LogP contribution in [0.5, 0.6) is 0 Å². The fraction of sp³-hybridized carbons (Fsp3) is 0.409. The molecule has 1 aromatic heterocycles. The predicted molar refractivity (Wildman–Crippen MR) is 120 cm³/mol. The number of thioether (sulfide) groups is 1. The maximum absolute atomic E-state index is 12.7. The third kappa shape index (κ3) is 4.54. The number of urea groups is 1. The largest absolute Gasteiger partial charge is 0.325 e. The first kappa shape index (κ1) is 20.9. The molecular formula is C22H25N3O3S2. The van der Waals surface area contributed by atoms with Crippen LogP contribution in [0.3, 0.4) is 0 Å². The van der Waals surface area contributed by atoms with Crippen LogP contribution in [0.4, 0.5) is 10.5 Å². The van der Waals surface area contributed by atoms with Crippen LogP contribution in [-0.4, -0.2) is 34.8 Å². The second-order valence-electron chi connectivity index (χ2n) is 7.74. The second-order valence-corrected chi connectivity index (χ2v) is 9.54. The molecule has 2 N–H and O–H groups in total. The number of carbonyl (C=O) groups is 3. The number of thiophene rings is 1. The highest BCUT2D eigenvalue weighted by molar-refractivity contribution is 7.98. The minimum Gasteiger partial charge on any atom is -0.325 e. The van der Waals surface area contributed by atoms with Gasteiger partial charge in [0.15, 0.2) is 0 Å². The predicted octanol–water partition coefficient (Wildman–Crippen LogP) is 4.62. The number of rotatable bonds is 8. The Morgan fingerprint density at radius 1 is 1.20 bits per heavy atom. The van der Waals surface area contributed by atoms with Crippen LogP contribution < -0.4 is 10.6 Å². The van der Waals surface area contributed by atoms with Crippen molar-refractivity contribution in [2.24, 2.45) is 0 Å². The smallest absolute Gasteiger partial charge is 0.325 e. The summed E-state index contributed by atoms with van der Waals surface area (Å²) in [6, 6.07) is 9.54. The van der Waals surface area contributed by atoms with Crippen LogP contribution in [0.25, 0.3) is 0 Å². The molecule has 1 saturated carbocycles. The molecule has 2 aromatic rings. The molecule has 1 aliphatic carbocycles. The van der Waals surface area contributed by atoms with Gasteiger partial charge in [-0.05, 0) is 53.8 Å². The molecule has 0 bridgehead atoms. The summed E-state index contributed by atoms with van der Waals surface area (Å²) >= 11 is 3.36. The van der Waals surface area contributed by atoms with Gasteiger partial charge in [0.05, 0.1) is 5.69 Å². The molecule has 8 heteroatoms. The van der Waals surface area contributed by atoms with Gasteiger partial charge in [0.2, 0.25) is 5.91 Å². The number of hydrogen-bond donors (Lipinski definition) is 2. The minimum atomic E-state index is -0.683. The summed E-state index contributed by atoms with van der Waals surface area (Å²) in [5.41, 5.74) is 1.38. The molecule has 4 rings (SSSR count). The maximum Gasteiger partial charge on any atom is 0.325 e. The Hall–Kier alpha value is -2.32. The van der Waals surface area contributed by atoms with Crippen LogP contribution in [0.15, 0.2) is 46.0 Å². The molecule has 1 saturated heterocycles. The van der Waals surface area contributed by atoms with E-state index in [1.165, 1.54) is 10.5 Å². The molecule has 1 aromatic carbocycles. The summed E-state index contributed by atoms with van der Waals surface area (Å²) < 4.78 is 0. The SMILES string of the molecule is O=C(CCCN1C(=O)NC2(CCCC2)C1=O)Nc1ccccc1SCc1ccsc1. The van der Waals surface area contributed by atoms with Crippen molar-refractivity contribution in [1.82, 2.24) is 10.2 Å². The van der Waals surface area contributed by atoms with Gasteiger partial charge in [0.1, 0.15) is 5.54 Å². The zero-order chi connectivity index (χ0) is 21.0. The van der Waals surface area contributed by atoms with Gasteiger partial charge in [0.25, 0.3) is 5.91 Å². The topological polar surface area (TPSA) is 78.5 Å². The quantitative estimate of drug-likeness (QED) is 0.461. The Balaban J connectivity index is 1.27. The molecule has 4 amide bonds. The fourth-order valence-corrected chi connectivity index (χ4v) is 5.76. The number of para-hydroxylation sites is 1. The van der Waals surface area contributed by atoms with Crippen molar-refractivity contribution < 1.29 is 14.4 Å². The van der Waals surface area contributed by atoms with E-state index in [0.29, 0.717) is 19.3 Å². The van der Waals surface area contributed by atoms with E-state index in [1.54, 1.807) is 23.1 Å². The molecule has 1 spiro atoms. The van der Waals surface area contributed by atoms with Gasteiger partial charge in [-0.25, -0.2) is 4.79 Å². The van der Waals surface area contributed by atoms with E-state index in [4.69, 9.17) is 0 Å². The van der Waals surface area contributed by atoms with Crippen LogP contribution in [0.2, 0.25) is 0 Å². The van der Waals surface area contributed by atoms with Crippen molar-refractivity contribution in [3.05, 3.63) is 46.7 Å². The number of imide groups is 1. The number of nitrogens with one attached hydrogen (secondary N) is 2. The fourth-order valence-electron chi connectivity index (χ4n) is 4.04. The molecule has 158 valence electrons. The summed E-state index contributed by atoms with van der Waals surface area (Å²) in [6.45, 7) is 0.272. The van der Waals surface area contributed by atoms with E-state index in [2.05, 4.69) is 27.5 Å². The van der Waals surface area contributed by atoms with Crippen LogP contribution >= 0.6 is 23.1 Å². The molecule has 2 heterocycles. The van der Waals surface area contributed by atoms with Gasteiger partial charge in [-0.3, -0.25) is 14.5 Å². The van der Waals surface area contributed by atoms with E-state index in [1.807, 2.05) is 24.3 Å². The van der Waals surface area contributed by atoms with Gasteiger partial charge < -0.3 is 10.6 Å². The summed E-state index contributed by atoms with van der Waals surface area (Å²) in [5, 5.41) is 10.0. The molecule has 0 radical (unpaired) electrons. The minimum absolute atomic E-state index is 0.110. The number of benzene rings is 1. The van der Waals surface area contributed by atoms with Crippen LogP contribution in [-0.2, 0) is 15.3 Å². The molecular weight excluding hydrogens is 418 g/mol. The molecule has 0 atom stereocenters. The van der Waals surface area contributed by atoms with Crippen molar-refractivity contribution in [1.29, 1.82) is 0 Å². The molecule has 0 unspecified atom stereocenters. The van der Waals surface area contributed by atoms with E-state index in [0.717, 1.165) is 29.2 Å². The van der Waals surface area contributed by atoms with Crippen LogP contribution in [0.1, 0.15) is 44.1 Å².